The molecule has 1 saturated carbocycles. The van der Waals surface area contributed by atoms with E-state index in [1.54, 1.807) is 22.8 Å². The Morgan fingerprint density at radius 2 is 1.81 bits per heavy atom. The van der Waals surface area contributed by atoms with E-state index in [2.05, 4.69) is 43.4 Å². The number of phenolic OH excluding ortho intramolecular Hbond substituents is 1. The maximum atomic E-state index is 13.4. The second-order valence-electron chi connectivity index (χ2n) is 9.84. The van der Waals surface area contributed by atoms with E-state index in [1.807, 2.05) is 36.4 Å². The summed E-state index contributed by atoms with van der Waals surface area (Å²) in [4.78, 5) is 20.2. The number of carbonyl (C=O) groups excluding carboxylic acids is 1. The summed E-state index contributed by atoms with van der Waals surface area (Å²) >= 11 is 3.54. The molecule has 1 saturated heterocycles. The molecule has 0 spiro atoms. The lowest BCUT2D eigenvalue weighted by atomic mass is 9.91. The number of anilines is 1. The van der Waals surface area contributed by atoms with Crippen molar-refractivity contribution < 1.29 is 9.90 Å². The van der Waals surface area contributed by atoms with Gasteiger partial charge in [-0.05, 0) is 65.2 Å². The van der Waals surface area contributed by atoms with Crippen LogP contribution in [-0.4, -0.2) is 50.1 Å². The first kappa shape index (κ1) is 23.0. The highest BCUT2D eigenvalue weighted by Gasteiger charge is 2.53. The van der Waals surface area contributed by atoms with Gasteiger partial charge in [-0.25, -0.2) is 4.98 Å². The van der Waals surface area contributed by atoms with Crippen LogP contribution in [-0.2, 0) is 10.2 Å². The molecule has 0 atom stereocenters. The number of carbonyl (C=O) groups is 1. The van der Waals surface area contributed by atoms with Crippen LogP contribution in [0.3, 0.4) is 0 Å². The molecular formula is C28H28BrN5O2. The fourth-order valence-corrected chi connectivity index (χ4v) is 5.64. The third-order valence-electron chi connectivity index (χ3n) is 7.57. The number of aromatic hydroxyl groups is 1. The predicted octanol–water partition coefficient (Wildman–Crippen LogP) is 5.25. The Kier molecular flexibility index (Phi) is 5.91. The van der Waals surface area contributed by atoms with E-state index in [4.69, 9.17) is 4.98 Å². The van der Waals surface area contributed by atoms with E-state index in [0.717, 1.165) is 61.2 Å². The first-order valence-electron chi connectivity index (χ1n) is 12.5. The Morgan fingerprint density at radius 3 is 2.53 bits per heavy atom. The number of nitrogens with zero attached hydrogens (tertiary/aromatic N) is 4. The average Bonchev–Trinajstić information content (AvgIpc) is 3.65. The molecule has 4 aromatic rings. The molecule has 6 rings (SSSR count). The molecule has 2 aromatic heterocycles. The van der Waals surface area contributed by atoms with Gasteiger partial charge in [0.15, 0.2) is 5.65 Å². The summed E-state index contributed by atoms with van der Waals surface area (Å²) in [6, 6.07) is 19.4. The molecular weight excluding hydrogens is 518 g/mol. The van der Waals surface area contributed by atoms with Gasteiger partial charge in [0.05, 0.1) is 21.8 Å². The summed E-state index contributed by atoms with van der Waals surface area (Å²) in [6.07, 6.45) is 5.56. The van der Waals surface area contributed by atoms with E-state index >= 15 is 0 Å². The minimum atomic E-state index is -0.290. The molecule has 1 aliphatic heterocycles. The van der Waals surface area contributed by atoms with Crippen LogP contribution in [0.1, 0.15) is 31.2 Å². The molecule has 2 aliphatic rings. The smallest absolute Gasteiger partial charge is 0.233 e. The van der Waals surface area contributed by atoms with Crippen molar-refractivity contribution in [3.05, 3.63) is 76.9 Å². The van der Waals surface area contributed by atoms with Crippen molar-refractivity contribution in [2.24, 2.45) is 5.92 Å². The number of aromatic nitrogens is 3. The van der Waals surface area contributed by atoms with Crippen molar-refractivity contribution in [1.29, 1.82) is 0 Å². The fourth-order valence-electron chi connectivity index (χ4n) is 5.29. The van der Waals surface area contributed by atoms with E-state index in [9.17, 15) is 9.90 Å². The quantitative estimate of drug-likeness (QED) is 0.346. The highest BCUT2D eigenvalue weighted by molar-refractivity contribution is 9.10. The molecule has 8 heteroatoms. The number of benzene rings is 2. The van der Waals surface area contributed by atoms with Gasteiger partial charge >= 0.3 is 0 Å². The SMILES string of the molecule is O=C(N1CCC(CNc2cc(-c3ccccc3O)nc3c(Br)cnn23)CC1)C1(c2ccccc2)CC1. The maximum Gasteiger partial charge on any atom is 0.233 e. The van der Waals surface area contributed by atoms with Gasteiger partial charge in [0.2, 0.25) is 5.91 Å². The summed E-state index contributed by atoms with van der Waals surface area (Å²) in [6.45, 7) is 2.37. The van der Waals surface area contributed by atoms with Crippen molar-refractivity contribution in [3.8, 4) is 17.0 Å². The van der Waals surface area contributed by atoms with Gasteiger partial charge in [0.25, 0.3) is 0 Å². The lowest BCUT2D eigenvalue weighted by Gasteiger charge is -2.34. The van der Waals surface area contributed by atoms with Crippen LogP contribution in [0.2, 0.25) is 0 Å². The summed E-state index contributed by atoms with van der Waals surface area (Å²) in [5.41, 5.74) is 2.92. The van der Waals surface area contributed by atoms with Gasteiger partial charge in [0, 0.05) is 31.3 Å². The Balaban J connectivity index is 1.14. The number of halogens is 1. The van der Waals surface area contributed by atoms with Crippen LogP contribution < -0.4 is 5.32 Å². The van der Waals surface area contributed by atoms with Crippen LogP contribution in [0.15, 0.2) is 71.3 Å². The number of rotatable bonds is 6. The third-order valence-corrected chi connectivity index (χ3v) is 8.13. The zero-order valence-electron chi connectivity index (χ0n) is 19.9. The molecule has 2 aromatic carbocycles. The van der Waals surface area contributed by atoms with E-state index in [1.165, 1.54) is 0 Å². The Labute approximate surface area is 218 Å². The molecule has 0 bridgehead atoms. The van der Waals surface area contributed by atoms with Gasteiger partial charge in [-0.15, -0.1) is 0 Å². The summed E-state index contributed by atoms with van der Waals surface area (Å²) in [5.74, 6) is 1.77. The van der Waals surface area contributed by atoms with Gasteiger partial charge < -0.3 is 15.3 Å². The number of nitrogens with one attached hydrogen (secondary N) is 1. The molecule has 0 radical (unpaired) electrons. The number of piperidine rings is 1. The first-order chi connectivity index (χ1) is 17.5. The highest BCUT2D eigenvalue weighted by Crippen LogP contribution is 2.50. The minimum Gasteiger partial charge on any atom is -0.507 e. The summed E-state index contributed by atoms with van der Waals surface area (Å²) in [7, 11) is 0. The normalized spacial score (nSPS) is 17.3. The van der Waals surface area contributed by atoms with Crippen LogP contribution in [0.4, 0.5) is 5.82 Å². The second-order valence-corrected chi connectivity index (χ2v) is 10.7. The summed E-state index contributed by atoms with van der Waals surface area (Å²) in [5, 5.41) is 18.4. The minimum absolute atomic E-state index is 0.192. The van der Waals surface area contributed by atoms with E-state index < -0.39 is 0 Å². The number of amides is 1. The lowest BCUT2D eigenvalue weighted by molar-refractivity contribution is -0.135. The maximum absolute atomic E-state index is 13.4. The van der Waals surface area contributed by atoms with Gasteiger partial charge in [-0.2, -0.15) is 9.61 Å². The molecule has 184 valence electrons. The standard InChI is InChI=1S/C28H28BrN5O2/c29-22-18-31-34-25(16-23(32-26(22)34)21-8-4-5-9-24(21)35)30-17-19-10-14-33(15-11-19)27(36)28(12-13-28)20-6-2-1-3-7-20/h1-9,16,18-19,30,35H,10-15,17H2. The number of hydrogen-bond donors (Lipinski definition) is 2. The molecule has 3 heterocycles. The molecule has 2 N–H and O–H groups in total. The largest absolute Gasteiger partial charge is 0.507 e. The molecule has 1 amide bonds. The number of hydrogen-bond acceptors (Lipinski definition) is 5. The highest BCUT2D eigenvalue weighted by atomic mass is 79.9. The zero-order chi connectivity index (χ0) is 24.7. The molecule has 36 heavy (non-hydrogen) atoms. The third kappa shape index (κ3) is 4.13. The van der Waals surface area contributed by atoms with E-state index in [-0.39, 0.29) is 11.2 Å². The molecule has 2 fully saturated rings. The zero-order valence-corrected chi connectivity index (χ0v) is 21.5. The van der Waals surface area contributed by atoms with Crippen molar-refractivity contribution in [2.45, 2.75) is 31.1 Å². The molecule has 0 unspecified atom stereocenters. The first-order valence-corrected chi connectivity index (χ1v) is 13.3. The fraction of sp³-hybridized carbons (Fsp3) is 0.321. The van der Waals surface area contributed by atoms with Crippen molar-refractivity contribution >= 4 is 33.3 Å². The Hall–Kier alpha value is -3.39. The Morgan fingerprint density at radius 1 is 1.08 bits per heavy atom. The number of fused-ring (bicyclic) bond motifs is 1. The van der Waals surface area contributed by atoms with Gasteiger partial charge in [0.1, 0.15) is 11.6 Å². The number of phenols is 1. The predicted molar refractivity (Wildman–Crippen MR) is 143 cm³/mol. The summed E-state index contributed by atoms with van der Waals surface area (Å²) < 4.78 is 2.57. The Bertz CT molecular complexity index is 1410. The van der Waals surface area contributed by atoms with Crippen LogP contribution in [0.5, 0.6) is 5.75 Å². The van der Waals surface area contributed by atoms with Crippen molar-refractivity contribution in [1.82, 2.24) is 19.5 Å². The lowest BCUT2D eigenvalue weighted by Crippen LogP contribution is -2.44. The van der Waals surface area contributed by atoms with E-state index in [0.29, 0.717) is 28.7 Å². The van der Waals surface area contributed by atoms with Crippen molar-refractivity contribution in [3.63, 3.8) is 0 Å². The van der Waals surface area contributed by atoms with Crippen LogP contribution in [0.25, 0.3) is 16.9 Å². The number of para-hydroxylation sites is 1. The van der Waals surface area contributed by atoms with Gasteiger partial charge in [-0.1, -0.05) is 42.5 Å². The van der Waals surface area contributed by atoms with Gasteiger partial charge in [-0.3, -0.25) is 4.79 Å². The number of likely N-dealkylation sites (tertiary alicyclic amines) is 1. The molecule has 7 nitrogen and oxygen atoms in total. The monoisotopic (exact) mass is 545 g/mol. The molecule has 1 aliphatic carbocycles. The second kappa shape index (κ2) is 9.24. The van der Waals surface area contributed by atoms with Crippen LogP contribution in [0, 0.1) is 5.92 Å². The van der Waals surface area contributed by atoms with Crippen molar-refractivity contribution in [2.75, 3.05) is 25.0 Å². The van der Waals surface area contributed by atoms with Crippen LogP contribution >= 0.6 is 15.9 Å². The topological polar surface area (TPSA) is 82.8 Å². The average molecular weight is 546 g/mol.